The van der Waals surface area contributed by atoms with E-state index in [4.69, 9.17) is 25.7 Å². The second kappa shape index (κ2) is 18.8. The number of nitrogens with one attached hydrogen (secondary N) is 1. The van der Waals surface area contributed by atoms with Gasteiger partial charge in [-0.15, -0.1) is 10.2 Å². The van der Waals surface area contributed by atoms with E-state index in [0.29, 0.717) is 17.7 Å². The fraction of sp³-hybridized carbons (Fsp3) is 0.172. The smallest absolute Gasteiger partial charge is 0.199 e. The van der Waals surface area contributed by atoms with Crippen molar-refractivity contribution in [3.05, 3.63) is 199 Å². The highest BCUT2D eigenvalue weighted by Gasteiger charge is 2.26. The monoisotopic (exact) mass is 901 g/mol. The number of nitrogens with two attached hydrogens (primary N) is 1. The molecule has 0 bridgehead atoms. The van der Waals surface area contributed by atoms with Crippen LogP contribution in [0.4, 0.5) is 0 Å². The van der Waals surface area contributed by atoms with Crippen molar-refractivity contribution < 1.29 is 0 Å². The quantitative estimate of drug-likeness (QED) is 0.144. The number of hydrogen-bond donors (Lipinski definition) is 2. The number of rotatable bonds is 9. The molecule has 0 saturated heterocycles. The summed E-state index contributed by atoms with van der Waals surface area (Å²) in [6, 6.07) is 56.0. The van der Waals surface area contributed by atoms with E-state index in [1.165, 1.54) is 18.4 Å². The molecule has 0 aliphatic heterocycles. The second-order valence-corrected chi connectivity index (χ2v) is 18.5. The van der Waals surface area contributed by atoms with Gasteiger partial charge in [-0.25, -0.2) is 19.9 Å². The molecule has 1 aliphatic carbocycles. The third kappa shape index (κ3) is 9.24. The molecular weight excluding hydrogens is 851 g/mol. The van der Waals surface area contributed by atoms with Crippen LogP contribution in [0.3, 0.4) is 0 Å². The van der Waals surface area contributed by atoms with Gasteiger partial charge in [0.15, 0.2) is 11.5 Å². The van der Waals surface area contributed by atoms with Crippen LogP contribution in [0.15, 0.2) is 183 Å². The summed E-state index contributed by atoms with van der Waals surface area (Å²) in [6.07, 6.45) is 11.2. The fourth-order valence-corrected chi connectivity index (χ4v) is 9.48. The summed E-state index contributed by atoms with van der Waals surface area (Å²) in [5, 5.41) is 17.0. The minimum atomic E-state index is -0.365. The Morgan fingerprint density at radius 2 is 1.22 bits per heavy atom. The Hall–Kier alpha value is -8.28. The van der Waals surface area contributed by atoms with Gasteiger partial charge in [0, 0.05) is 51.5 Å². The van der Waals surface area contributed by atoms with Crippen molar-refractivity contribution in [3.8, 4) is 56.4 Å². The van der Waals surface area contributed by atoms with Crippen LogP contribution in [0.5, 0.6) is 0 Å². The molecule has 0 spiro atoms. The third-order valence-electron chi connectivity index (χ3n) is 13.2. The van der Waals surface area contributed by atoms with E-state index in [0.717, 1.165) is 109 Å². The van der Waals surface area contributed by atoms with Crippen molar-refractivity contribution in [2.24, 2.45) is 11.7 Å². The number of pyridine rings is 3. The van der Waals surface area contributed by atoms with Gasteiger partial charge in [-0.1, -0.05) is 127 Å². The van der Waals surface area contributed by atoms with E-state index in [1.807, 2.05) is 97.2 Å². The lowest BCUT2D eigenvalue weighted by Gasteiger charge is -2.27. The predicted molar refractivity (Wildman–Crippen MR) is 275 cm³/mol. The van der Waals surface area contributed by atoms with Gasteiger partial charge in [-0.3, -0.25) is 14.5 Å². The van der Waals surface area contributed by atoms with Gasteiger partial charge in [-0.2, -0.15) is 5.10 Å². The summed E-state index contributed by atoms with van der Waals surface area (Å²) in [4.78, 5) is 24.1. The fourth-order valence-electron chi connectivity index (χ4n) is 9.48. The molecule has 69 heavy (non-hydrogen) atoms. The lowest BCUT2D eigenvalue weighted by Crippen LogP contribution is -2.28. The van der Waals surface area contributed by atoms with E-state index in [2.05, 4.69) is 116 Å². The molecule has 6 aromatic heterocycles. The van der Waals surface area contributed by atoms with E-state index in [9.17, 15) is 0 Å². The maximum atomic E-state index is 6.21. The maximum Gasteiger partial charge on any atom is 0.199 e. The normalized spacial score (nSPS) is 15.0. The van der Waals surface area contributed by atoms with Crippen LogP contribution in [0.1, 0.15) is 62.4 Å². The number of aromatic nitrogens is 10. The van der Waals surface area contributed by atoms with Crippen LogP contribution >= 0.6 is 0 Å². The first-order chi connectivity index (χ1) is 33.8. The number of fused-ring (bicyclic) bond motifs is 4. The molecule has 11 nitrogen and oxygen atoms in total. The van der Waals surface area contributed by atoms with E-state index < -0.39 is 0 Å². The summed E-state index contributed by atoms with van der Waals surface area (Å²) in [7, 11) is 0. The second-order valence-electron chi connectivity index (χ2n) is 18.5. The van der Waals surface area contributed by atoms with Gasteiger partial charge in [-0.05, 0) is 105 Å². The first-order valence-electron chi connectivity index (χ1n) is 23.6. The molecule has 0 unspecified atom stereocenters. The molecule has 1 fully saturated rings. The minimum absolute atomic E-state index is 0.365. The largest absolute Gasteiger partial charge is 0.322 e. The van der Waals surface area contributed by atoms with Crippen molar-refractivity contribution in [3.63, 3.8) is 0 Å². The highest BCUT2D eigenvalue weighted by Crippen LogP contribution is 2.38. The first kappa shape index (κ1) is 43.3. The summed E-state index contributed by atoms with van der Waals surface area (Å²) in [5.74, 6) is 2.77. The number of H-pyrrole nitrogens is 1. The van der Waals surface area contributed by atoms with Crippen LogP contribution in [-0.2, 0) is 12.0 Å². The van der Waals surface area contributed by atoms with Crippen molar-refractivity contribution >= 4 is 27.6 Å². The summed E-state index contributed by atoms with van der Waals surface area (Å²) < 4.78 is 1.94. The van der Waals surface area contributed by atoms with Crippen molar-refractivity contribution in [2.45, 2.75) is 57.4 Å². The Labute approximate surface area is 400 Å². The molecule has 338 valence electrons. The minimum Gasteiger partial charge on any atom is -0.322 e. The summed E-state index contributed by atoms with van der Waals surface area (Å²) >= 11 is 0. The Bertz CT molecular complexity index is 3500. The van der Waals surface area contributed by atoms with Gasteiger partial charge in [0.2, 0.25) is 0 Å². The third-order valence-corrected chi connectivity index (χ3v) is 13.2. The molecule has 0 amide bonds. The molecule has 3 N–H and O–H groups in total. The first-order valence-corrected chi connectivity index (χ1v) is 23.6. The van der Waals surface area contributed by atoms with Crippen LogP contribution < -0.4 is 5.73 Å². The Kier molecular flexibility index (Phi) is 11.8. The van der Waals surface area contributed by atoms with Crippen LogP contribution in [0, 0.1) is 5.92 Å². The number of hydrogen-bond acceptors (Lipinski definition) is 9. The zero-order chi connectivity index (χ0) is 46.7. The SMILES string of the molecule is CC(C)(N)c1ccc(-c2nc3ccccc3nc2-c2ccccc2)cc1.c1ccc(-c2cc3c(ccn4cnnc34)nc2-c2ccc(CC3CCC(c4nc(-c5ccccn5)n[nH]4)CC3)cc2)cc1. The Morgan fingerprint density at radius 3 is 1.88 bits per heavy atom. The molecule has 1 saturated carbocycles. The molecule has 5 aromatic carbocycles. The molecule has 11 heteroatoms. The lowest BCUT2D eigenvalue weighted by molar-refractivity contribution is 0.318. The molecule has 12 rings (SSSR count). The highest BCUT2D eigenvalue weighted by molar-refractivity contribution is 5.98. The van der Waals surface area contributed by atoms with E-state index >= 15 is 0 Å². The molecule has 0 radical (unpaired) electrons. The Morgan fingerprint density at radius 1 is 0.609 bits per heavy atom. The molecular formula is C58H51N11. The zero-order valence-electron chi connectivity index (χ0n) is 38.6. The maximum absolute atomic E-state index is 6.21. The van der Waals surface area contributed by atoms with Gasteiger partial charge >= 0.3 is 0 Å². The average Bonchev–Trinajstić information content (AvgIpc) is 4.11. The average molecular weight is 902 g/mol. The van der Waals surface area contributed by atoms with Gasteiger partial charge in [0.25, 0.3) is 0 Å². The zero-order valence-corrected chi connectivity index (χ0v) is 38.6. The Balaban J connectivity index is 0.000000171. The van der Waals surface area contributed by atoms with Crippen LogP contribution in [-0.4, -0.2) is 49.7 Å². The summed E-state index contributed by atoms with van der Waals surface area (Å²) in [6.45, 7) is 4.01. The summed E-state index contributed by atoms with van der Waals surface area (Å²) in [5.41, 5.74) is 20.8. The van der Waals surface area contributed by atoms with Crippen LogP contribution in [0.25, 0.3) is 84.0 Å². The lowest BCUT2D eigenvalue weighted by atomic mass is 9.79. The van der Waals surface area contributed by atoms with E-state index in [1.54, 1.807) is 12.5 Å². The van der Waals surface area contributed by atoms with Gasteiger partial charge in [0.05, 0.1) is 33.6 Å². The van der Waals surface area contributed by atoms with Crippen molar-refractivity contribution in [1.82, 2.24) is 49.7 Å². The van der Waals surface area contributed by atoms with Crippen molar-refractivity contribution in [1.29, 1.82) is 0 Å². The van der Waals surface area contributed by atoms with Gasteiger partial charge < -0.3 is 5.73 Å². The number of nitrogens with zero attached hydrogens (tertiary/aromatic N) is 9. The van der Waals surface area contributed by atoms with E-state index in [-0.39, 0.29) is 5.54 Å². The van der Waals surface area contributed by atoms with Crippen molar-refractivity contribution in [2.75, 3.05) is 0 Å². The standard InChI is InChI=1S/C35H30N8.C23H21N3/c1-2-6-25(7-3-1)28-21-29-30(17-19-43-22-37-42-35(29)43)38-32(28)26-13-9-23(10-14-26)20-24-11-15-27(16-12-24)33-39-34(41-40-33)31-8-4-5-18-36-31;1-23(2,24)18-14-12-17(13-15-18)22-21(16-8-4-3-5-9-16)25-19-10-6-7-11-20(19)26-22/h1-10,13-14,17-19,21-22,24,27H,11-12,15-16,20H2,(H,39,40,41);3-15H,24H2,1-2H3. The van der Waals surface area contributed by atoms with Gasteiger partial charge in [0.1, 0.15) is 17.8 Å². The van der Waals surface area contributed by atoms with Crippen LogP contribution in [0.2, 0.25) is 0 Å². The topological polar surface area (TPSA) is 149 Å². The number of benzene rings is 5. The number of para-hydroxylation sites is 2. The molecule has 6 heterocycles. The molecule has 0 atom stereocenters. The number of aromatic amines is 1. The highest BCUT2D eigenvalue weighted by atomic mass is 15.2. The predicted octanol–water partition coefficient (Wildman–Crippen LogP) is 12.5. The molecule has 11 aromatic rings. The molecule has 1 aliphatic rings.